The van der Waals surface area contributed by atoms with Crippen molar-refractivity contribution in [1.82, 2.24) is 9.99 Å². The summed E-state index contributed by atoms with van der Waals surface area (Å²) in [5.41, 5.74) is 4.11. The number of hydrogen-bond acceptors (Lipinski definition) is 8. The Hall–Kier alpha value is -4.66. The Morgan fingerprint density at radius 2 is 1.71 bits per heavy atom. The first-order chi connectivity index (χ1) is 20.0. The molecule has 3 aromatic rings. The van der Waals surface area contributed by atoms with Crippen molar-refractivity contribution in [3.05, 3.63) is 89.1 Å². The van der Waals surface area contributed by atoms with Crippen LogP contribution in [0.4, 0.5) is 0 Å². The molecule has 9 nitrogen and oxygen atoms in total. The van der Waals surface area contributed by atoms with E-state index in [2.05, 4.69) is 11.1 Å². The third-order valence-corrected chi connectivity index (χ3v) is 7.27. The molecule has 1 saturated carbocycles. The van der Waals surface area contributed by atoms with E-state index < -0.39 is 18.5 Å². The number of benzene rings is 2. The third kappa shape index (κ3) is 6.09. The molecule has 1 aliphatic heterocycles. The number of allylic oxidation sites excluding steroid dienone is 1. The summed E-state index contributed by atoms with van der Waals surface area (Å²) < 4.78 is 21.5. The van der Waals surface area contributed by atoms with Gasteiger partial charge in [0.15, 0.2) is 6.61 Å². The number of methoxy groups -OCH3 is 2. The number of fused-ring (bicyclic) bond motifs is 1. The summed E-state index contributed by atoms with van der Waals surface area (Å²) in [6, 6.07) is 18.4. The Labute approximate surface area is 239 Å². The second-order valence-electron chi connectivity index (χ2n) is 9.75. The van der Waals surface area contributed by atoms with Crippen molar-refractivity contribution >= 4 is 23.7 Å². The van der Waals surface area contributed by atoms with Gasteiger partial charge in [0.2, 0.25) is 5.88 Å². The highest BCUT2D eigenvalue weighted by atomic mass is 16.5. The average molecular weight is 556 g/mol. The van der Waals surface area contributed by atoms with Gasteiger partial charge in [-0.05, 0) is 85.4 Å². The molecule has 2 atom stereocenters. The van der Waals surface area contributed by atoms with Gasteiger partial charge in [0.25, 0.3) is 5.91 Å². The monoisotopic (exact) mass is 555 g/mol. The molecule has 2 aromatic carbocycles. The van der Waals surface area contributed by atoms with E-state index in [1.165, 1.54) is 11.2 Å². The summed E-state index contributed by atoms with van der Waals surface area (Å²) in [5.74, 6) is 0.600. The number of amides is 1. The largest absolute Gasteiger partial charge is 0.497 e. The molecule has 0 bridgehead atoms. The van der Waals surface area contributed by atoms with Crippen LogP contribution in [0.5, 0.6) is 17.4 Å². The van der Waals surface area contributed by atoms with Crippen LogP contribution in [0, 0.1) is 5.92 Å². The Morgan fingerprint density at radius 3 is 2.39 bits per heavy atom. The molecule has 0 saturated heterocycles. The first-order valence-corrected chi connectivity index (χ1v) is 13.7. The van der Waals surface area contributed by atoms with Gasteiger partial charge in [0.1, 0.15) is 17.1 Å². The van der Waals surface area contributed by atoms with E-state index in [9.17, 15) is 9.59 Å². The zero-order chi connectivity index (χ0) is 28.8. The third-order valence-electron chi connectivity index (χ3n) is 7.27. The van der Waals surface area contributed by atoms with E-state index in [0.29, 0.717) is 6.61 Å². The van der Waals surface area contributed by atoms with Gasteiger partial charge in [-0.1, -0.05) is 24.3 Å². The van der Waals surface area contributed by atoms with Crippen LogP contribution in [0.25, 0.3) is 6.08 Å². The van der Waals surface area contributed by atoms with Crippen LogP contribution in [0.15, 0.2) is 77.5 Å². The Kier molecular flexibility index (Phi) is 8.62. The van der Waals surface area contributed by atoms with Gasteiger partial charge >= 0.3 is 5.97 Å². The summed E-state index contributed by atoms with van der Waals surface area (Å²) in [6.45, 7) is 1.68. The first-order valence-electron chi connectivity index (χ1n) is 13.7. The summed E-state index contributed by atoms with van der Waals surface area (Å²) in [6.07, 6.45) is 6.37. The van der Waals surface area contributed by atoms with Gasteiger partial charge in [-0.2, -0.15) is 5.10 Å². The summed E-state index contributed by atoms with van der Waals surface area (Å²) in [5, 5.41) is 6.35. The zero-order valence-corrected chi connectivity index (χ0v) is 23.4. The molecular weight excluding hydrogens is 522 g/mol. The lowest BCUT2D eigenvalue weighted by Gasteiger charge is -2.29. The smallest absolute Gasteiger partial charge is 0.344 e. The minimum absolute atomic E-state index is 0.00387. The van der Waals surface area contributed by atoms with Gasteiger partial charge in [-0.15, -0.1) is 0 Å². The van der Waals surface area contributed by atoms with Crippen LogP contribution in [-0.2, 0) is 9.53 Å². The van der Waals surface area contributed by atoms with Crippen LogP contribution in [-0.4, -0.2) is 55.0 Å². The summed E-state index contributed by atoms with van der Waals surface area (Å²) in [4.78, 5) is 30.6. The van der Waals surface area contributed by atoms with Gasteiger partial charge in [0.05, 0.1) is 32.6 Å². The maximum atomic E-state index is 13.6. The van der Waals surface area contributed by atoms with Crippen molar-refractivity contribution in [2.24, 2.45) is 11.0 Å². The van der Waals surface area contributed by atoms with Crippen LogP contribution < -0.4 is 14.2 Å². The molecule has 1 fully saturated rings. The molecule has 5 rings (SSSR count). The maximum Gasteiger partial charge on any atom is 0.344 e. The predicted octanol–water partition coefficient (Wildman–Crippen LogP) is 5.48. The van der Waals surface area contributed by atoms with Crippen molar-refractivity contribution in [3.8, 4) is 17.4 Å². The molecule has 0 N–H and O–H groups in total. The fourth-order valence-corrected chi connectivity index (χ4v) is 5.31. The van der Waals surface area contributed by atoms with Gasteiger partial charge in [-0.25, -0.2) is 14.8 Å². The lowest BCUT2D eigenvalue weighted by molar-refractivity contribution is -0.137. The highest BCUT2D eigenvalue weighted by Crippen LogP contribution is 2.44. The standard InChI is InChI=1S/C32H33N3O6/c1-4-40-31-27(9-6-18-33-31)32(37)41-20-28(36)35-30(22-12-16-25(39-3)17-13-22)26-8-5-7-23(29(26)34-35)19-21-10-14-24(38-2)15-11-21/h6,9-19,26,30H,4-5,7-8,20H2,1-3H3. The van der Waals surface area contributed by atoms with E-state index in [4.69, 9.17) is 24.0 Å². The number of carbonyl (C=O) groups excluding carboxylic acids is 2. The quantitative estimate of drug-likeness (QED) is 0.323. The van der Waals surface area contributed by atoms with E-state index >= 15 is 0 Å². The van der Waals surface area contributed by atoms with Crippen LogP contribution in [0.2, 0.25) is 0 Å². The molecule has 0 radical (unpaired) electrons. The molecule has 2 aliphatic rings. The number of nitrogens with zero attached hydrogens (tertiary/aromatic N) is 3. The molecule has 2 unspecified atom stereocenters. The number of hydrogen-bond donors (Lipinski definition) is 0. The topological polar surface area (TPSA) is 99.6 Å². The second-order valence-corrected chi connectivity index (χ2v) is 9.75. The highest BCUT2D eigenvalue weighted by Gasteiger charge is 2.44. The van der Waals surface area contributed by atoms with Crippen molar-refractivity contribution in [1.29, 1.82) is 0 Å². The predicted molar refractivity (Wildman–Crippen MR) is 154 cm³/mol. The Balaban J connectivity index is 1.42. The lowest BCUT2D eigenvalue weighted by atomic mass is 9.77. The molecule has 1 amide bonds. The molecule has 1 aliphatic carbocycles. The molecule has 41 heavy (non-hydrogen) atoms. The van der Waals surface area contributed by atoms with E-state index in [-0.39, 0.29) is 23.4 Å². The molecule has 2 heterocycles. The number of ether oxygens (including phenoxy) is 4. The maximum absolute atomic E-state index is 13.6. The Morgan fingerprint density at radius 1 is 1.00 bits per heavy atom. The number of carbonyl (C=O) groups is 2. The van der Waals surface area contributed by atoms with Crippen molar-refractivity contribution in [2.45, 2.75) is 32.2 Å². The summed E-state index contributed by atoms with van der Waals surface area (Å²) >= 11 is 0. The van der Waals surface area contributed by atoms with Crippen LogP contribution >= 0.6 is 0 Å². The van der Waals surface area contributed by atoms with Gasteiger partial charge in [0, 0.05) is 12.1 Å². The van der Waals surface area contributed by atoms with E-state index in [0.717, 1.165) is 53.2 Å². The lowest BCUT2D eigenvalue weighted by Crippen LogP contribution is -2.34. The summed E-state index contributed by atoms with van der Waals surface area (Å²) in [7, 11) is 3.26. The zero-order valence-electron chi connectivity index (χ0n) is 23.4. The minimum atomic E-state index is -0.680. The van der Waals surface area contributed by atoms with Crippen molar-refractivity contribution in [2.75, 3.05) is 27.4 Å². The van der Waals surface area contributed by atoms with Crippen molar-refractivity contribution in [3.63, 3.8) is 0 Å². The van der Waals surface area contributed by atoms with Gasteiger partial charge < -0.3 is 18.9 Å². The number of esters is 1. The van der Waals surface area contributed by atoms with Crippen LogP contribution in [0.3, 0.4) is 0 Å². The number of aromatic nitrogens is 1. The second kappa shape index (κ2) is 12.7. The highest BCUT2D eigenvalue weighted by molar-refractivity contribution is 6.08. The number of rotatable bonds is 9. The normalized spacial score (nSPS) is 18.9. The fraction of sp³-hybridized carbons (Fsp3) is 0.312. The molecule has 9 heteroatoms. The number of pyridine rings is 1. The van der Waals surface area contributed by atoms with E-state index in [1.54, 1.807) is 33.3 Å². The minimum Gasteiger partial charge on any atom is -0.497 e. The fourth-order valence-electron chi connectivity index (χ4n) is 5.31. The van der Waals surface area contributed by atoms with Crippen LogP contribution in [0.1, 0.15) is 53.7 Å². The molecule has 212 valence electrons. The Bertz CT molecular complexity index is 1450. The number of hydrazone groups is 1. The average Bonchev–Trinajstić information content (AvgIpc) is 3.41. The first kappa shape index (κ1) is 27.9. The van der Waals surface area contributed by atoms with E-state index in [1.807, 2.05) is 48.5 Å². The molecule has 0 spiro atoms. The SMILES string of the molecule is CCOc1ncccc1C(=O)OCC(=O)N1N=C2C(=Cc3ccc(OC)cc3)CCCC2C1c1ccc(OC)cc1. The molecule has 1 aromatic heterocycles. The van der Waals surface area contributed by atoms with Gasteiger partial charge in [-0.3, -0.25) is 4.79 Å². The molecular formula is C32H33N3O6. The van der Waals surface area contributed by atoms with Crippen molar-refractivity contribution < 1.29 is 28.5 Å².